The molecule has 0 saturated heterocycles. The maximum Gasteiger partial charge on any atom is 0.244 e. The third kappa shape index (κ3) is 8.55. The van der Waals surface area contributed by atoms with Gasteiger partial charge in [0.1, 0.15) is 18.4 Å². The highest BCUT2D eigenvalue weighted by Crippen LogP contribution is 2.26. The van der Waals surface area contributed by atoms with Gasteiger partial charge in [-0.2, -0.15) is 0 Å². The van der Waals surface area contributed by atoms with Crippen LogP contribution in [0.1, 0.15) is 65.5 Å². The van der Waals surface area contributed by atoms with Crippen LogP contribution >= 0.6 is 0 Å². The summed E-state index contributed by atoms with van der Waals surface area (Å²) in [7, 11) is -3.81. The zero-order chi connectivity index (χ0) is 28.0. The van der Waals surface area contributed by atoms with Gasteiger partial charge in [-0.3, -0.25) is 13.9 Å². The Hall–Kier alpha value is -2.94. The summed E-state index contributed by atoms with van der Waals surface area (Å²) >= 11 is 0. The molecule has 9 heteroatoms. The molecule has 2 aromatic carbocycles. The fourth-order valence-corrected chi connectivity index (χ4v) is 4.74. The molecule has 0 aliphatic rings. The van der Waals surface area contributed by atoms with Crippen LogP contribution in [0.4, 0.5) is 10.1 Å². The van der Waals surface area contributed by atoms with Crippen molar-refractivity contribution >= 4 is 27.5 Å². The molecular formula is C28H40FN3O4S. The van der Waals surface area contributed by atoms with Crippen LogP contribution in [-0.4, -0.2) is 50.0 Å². The van der Waals surface area contributed by atoms with E-state index in [1.165, 1.54) is 17.0 Å². The number of hydrogen-bond donors (Lipinski definition) is 1. The third-order valence-electron chi connectivity index (χ3n) is 6.35. The first-order valence-corrected chi connectivity index (χ1v) is 14.4. The Morgan fingerprint density at radius 1 is 0.973 bits per heavy atom. The summed E-state index contributed by atoms with van der Waals surface area (Å²) in [5.74, 6) is -1.25. The molecule has 2 aromatic rings. The molecule has 2 amide bonds. The van der Waals surface area contributed by atoms with Crippen LogP contribution in [0.2, 0.25) is 0 Å². The van der Waals surface area contributed by atoms with Crippen LogP contribution in [0.25, 0.3) is 0 Å². The van der Waals surface area contributed by atoms with E-state index in [0.717, 1.165) is 22.5 Å². The van der Waals surface area contributed by atoms with E-state index in [1.54, 1.807) is 31.2 Å². The molecule has 0 spiro atoms. The minimum absolute atomic E-state index is 0.0338. The Morgan fingerprint density at radius 3 is 2.00 bits per heavy atom. The van der Waals surface area contributed by atoms with Crippen LogP contribution in [0.15, 0.2) is 48.5 Å². The maximum absolute atomic E-state index is 13.7. The second-order valence-electron chi connectivity index (χ2n) is 10.5. The van der Waals surface area contributed by atoms with Crippen molar-refractivity contribution in [2.45, 2.75) is 78.4 Å². The summed E-state index contributed by atoms with van der Waals surface area (Å²) in [5.41, 5.74) is 1.91. The Morgan fingerprint density at radius 2 is 1.54 bits per heavy atom. The summed E-state index contributed by atoms with van der Waals surface area (Å²) in [5, 5.41) is 2.92. The van der Waals surface area contributed by atoms with Crippen LogP contribution in [-0.2, 0) is 31.6 Å². The zero-order valence-electron chi connectivity index (χ0n) is 22.9. The van der Waals surface area contributed by atoms with Gasteiger partial charge in [-0.1, -0.05) is 58.9 Å². The minimum atomic E-state index is -3.81. The van der Waals surface area contributed by atoms with E-state index in [2.05, 4.69) is 26.1 Å². The van der Waals surface area contributed by atoms with Gasteiger partial charge in [0, 0.05) is 12.6 Å². The summed E-state index contributed by atoms with van der Waals surface area (Å²) in [6.07, 6.45) is 2.10. The standard InChI is InChI=1S/C28H40FN3O4S/c1-8-20(3)30-27(34)25(9-2)31(18-21-10-14-23(29)15-11-21)26(33)19-32(37(7,35)36)24-16-12-22(13-17-24)28(4,5)6/h10-17,20,25H,8-9,18-19H2,1-7H3,(H,30,34)/t20-,25-/m1/s1. The largest absolute Gasteiger partial charge is 0.352 e. The lowest BCUT2D eigenvalue weighted by molar-refractivity contribution is -0.140. The molecule has 204 valence electrons. The monoisotopic (exact) mass is 533 g/mol. The smallest absolute Gasteiger partial charge is 0.244 e. The molecule has 1 N–H and O–H groups in total. The second-order valence-corrected chi connectivity index (χ2v) is 12.4. The molecule has 37 heavy (non-hydrogen) atoms. The van der Waals surface area contributed by atoms with Gasteiger partial charge in [0.25, 0.3) is 0 Å². The highest BCUT2D eigenvalue weighted by atomic mass is 32.2. The number of carbonyl (C=O) groups is 2. The topological polar surface area (TPSA) is 86.8 Å². The average Bonchev–Trinajstić information content (AvgIpc) is 2.82. The molecule has 0 radical (unpaired) electrons. The van der Waals surface area contributed by atoms with Gasteiger partial charge in [0.15, 0.2) is 0 Å². The van der Waals surface area contributed by atoms with E-state index in [9.17, 15) is 22.4 Å². The van der Waals surface area contributed by atoms with E-state index in [4.69, 9.17) is 0 Å². The highest BCUT2D eigenvalue weighted by Gasteiger charge is 2.32. The lowest BCUT2D eigenvalue weighted by atomic mass is 9.87. The molecule has 0 saturated carbocycles. The van der Waals surface area contributed by atoms with Crippen molar-refractivity contribution in [2.75, 3.05) is 17.1 Å². The Bertz CT molecular complexity index is 1160. The maximum atomic E-state index is 13.7. The molecule has 0 fully saturated rings. The molecule has 0 aromatic heterocycles. The SMILES string of the molecule is CC[C@@H](C)NC(=O)[C@@H](CC)N(Cc1ccc(F)cc1)C(=O)CN(c1ccc(C(C)(C)C)cc1)S(C)(=O)=O. The molecular weight excluding hydrogens is 493 g/mol. The lowest BCUT2D eigenvalue weighted by Gasteiger charge is -2.33. The first-order valence-electron chi connectivity index (χ1n) is 12.6. The van der Waals surface area contributed by atoms with Crippen LogP contribution in [0.3, 0.4) is 0 Å². The van der Waals surface area contributed by atoms with Gasteiger partial charge in [0.2, 0.25) is 21.8 Å². The van der Waals surface area contributed by atoms with Gasteiger partial charge >= 0.3 is 0 Å². The zero-order valence-corrected chi connectivity index (χ0v) is 23.7. The quantitative estimate of drug-likeness (QED) is 0.457. The lowest BCUT2D eigenvalue weighted by Crippen LogP contribution is -2.53. The number of hydrogen-bond acceptors (Lipinski definition) is 4. The Balaban J connectivity index is 2.44. The summed E-state index contributed by atoms with van der Waals surface area (Å²) < 4.78 is 40.1. The second kappa shape index (κ2) is 12.5. The van der Waals surface area contributed by atoms with Crippen molar-refractivity contribution in [2.24, 2.45) is 0 Å². The highest BCUT2D eigenvalue weighted by molar-refractivity contribution is 7.92. The van der Waals surface area contributed by atoms with Crippen LogP contribution in [0.5, 0.6) is 0 Å². The summed E-state index contributed by atoms with van der Waals surface area (Å²) in [4.78, 5) is 28.2. The number of carbonyl (C=O) groups excluding carboxylic acids is 2. The molecule has 2 rings (SSSR count). The molecule has 0 aliphatic carbocycles. The van der Waals surface area contributed by atoms with Crippen molar-refractivity contribution in [1.29, 1.82) is 0 Å². The van der Waals surface area contributed by atoms with E-state index in [1.807, 2.05) is 26.0 Å². The Kier molecular flexibility index (Phi) is 10.3. The molecule has 0 aliphatic heterocycles. The number of rotatable bonds is 11. The molecule has 7 nitrogen and oxygen atoms in total. The number of benzene rings is 2. The van der Waals surface area contributed by atoms with Gasteiger partial charge in [-0.25, -0.2) is 12.8 Å². The normalized spacial score (nSPS) is 13.5. The first kappa shape index (κ1) is 30.3. The number of anilines is 1. The van der Waals surface area contributed by atoms with Crippen LogP contribution in [0, 0.1) is 5.82 Å². The summed E-state index contributed by atoms with van der Waals surface area (Å²) in [6.45, 7) is 11.4. The van der Waals surface area contributed by atoms with E-state index in [0.29, 0.717) is 17.7 Å². The van der Waals surface area contributed by atoms with Gasteiger partial charge in [-0.05, 0) is 60.6 Å². The van der Waals surface area contributed by atoms with Gasteiger partial charge < -0.3 is 10.2 Å². The Labute approximate surface area is 221 Å². The number of halogens is 1. The predicted molar refractivity (Wildman–Crippen MR) is 146 cm³/mol. The number of amides is 2. The molecule has 0 heterocycles. The fraction of sp³-hybridized carbons (Fsp3) is 0.500. The van der Waals surface area contributed by atoms with Crippen molar-refractivity contribution in [3.63, 3.8) is 0 Å². The average molecular weight is 534 g/mol. The first-order chi connectivity index (χ1) is 17.2. The summed E-state index contributed by atoms with van der Waals surface area (Å²) in [6, 6.07) is 11.8. The van der Waals surface area contributed by atoms with Gasteiger partial charge in [-0.15, -0.1) is 0 Å². The van der Waals surface area contributed by atoms with E-state index < -0.39 is 34.3 Å². The van der Waals surface area contributed by atoms with Crippen molar-refractivity contribution in [3.8, 4) is 0 Å². The molecule has 0 bridgehead atoms. The predicted octanol–water partition coefficient (Wildman–Crippen LogP) is 4.61. The van der Waals surface area contributed by atoms with Crippen molar-refractivity contribution in [1.82, 2.24) is 10.2 Å². The number of nitrogens with one attached hydrogen (secondary N) is 1. The van der Waals surface area contributed by atoms with E-state index in [-0.39, 0.29) is 23.9 Å². The molecule has 0 unspecified atom stereocenters. The van der Waals surface area contributed by atoms with Crippen molar-refractivity contribution < 1.29 is 22.4 Å². The third-order valence-corrected chi connectivity index (χ3v) is 7.49. The van der Waals surface area contributed by atoms with Crippen molar-refractivity contribution in [3.05, 3.63) is 65.5 Å². The van der Waals surface area contributed by atoms with E-state index >= 15 is 0 Å². The van der Waals surface area contributed by atoms with Crippen LogP contribution < -0.4 is 9.62 Å². The fourth-order valence-electron chi connectivity index (χ4n) is 3.89. The molecule has 2 atom stereocenters. The van der Waals surface area contributed by atoms with Gasteiger partial charge in [0.05, 0.1) is 11.9 Å². The number of nitrogens with zero attached hydrogens (tertiary/aromatic N) is 2. The number of sulfonamides is 1. The minimum Gasteiger partial charge on any atom is -0.352 e.